The number of carbonyl (C=O) groups is 1. The molecule has 2 aromatic heterocycles. The molecule has 0 atom stereocenters. The number of anilines is 2. The van der Waals surface area contributed by atoms with Crippen LogP contribution in [-0.4, -0.2) is 32.6 Å². The van der Waals surface area contributed by atoms with E-state index in [9.17, 15) is 10.1 Å². The first kappa shape index (κ1) is 20.7. The third-order valence-electron chi connectivity index (χ3n) is 4.45. The average molecular weight is 402 g/mol. The van der Waals surface area contributed by atoms with E-state index < -0.39 is 0 Å². The number of Topliss-reactive ketones (excluding diaryl/α,β-unsaturated/α-hetero) is 1. The molecule has 8 heteroatoms. The van der Waals surface area contributed by atoms with E-state index in [1.54, 1.807) is 54.5 Å². The van der Waals surface area contributed by atoms with Crippen molar-refractivity contribution in [1.29, 1.82) is 5.26 Å². The number of aromatic nitrogens is 4. The molecule has 3 rings (SSSR count). The van der Waals surface area contributed by atoms with Crippen LogP contribution in [0.1, 0.15) is 47.3 Å². The second-order valence-electron chi connectivity index (χ2n) is 6.41. The van der Waals surface area contributed by atoms with Gasteiger partial charge < -0.3 is 10.1 Å². The minimum atomic E-state index is -0.0161. The Morgan fingerprint density at radius 3 is 2.60 bits per heavy atom. The predicted molar refractivity (Wildman–Crippen MR) is 114 cm³/mol. The number of hydrogen-bond acceptors (Lipinski definition) is 7. The van der Waals surface area contributed by atoms with Crippen LogP contribution in [0.25, 0.3) is 12.2 Å². The van der Waals surface area contributed by atoms with Gasteiger partial charge in [-0.2, -0.15) is 10.4 Å². The molecule has 152 valence electrons. The van der Waals surface area contributed by atoms with Crippen LogP contribution >= 0.6 is 0 Å². The van der Waals surface area contributed by atoms with E-state index in [2.05, 4.69) is 26.5 Å². The molecule has 30 heavy (non-hydrogen) atoms. The molecule has 0 aliphatic heterocycles. The highest BCUT2D eigenvalue weighted by atomic mass is 16.5. The molecule has 1 aromatic carbocycles. The van der Waals surface area contributed by atoms with Crippen LogP contribution in [0.4, 0.5) is 11.6 Å². The zero-order chi connectivity index (χ0) is 21.5. The Kier molecular flexibility index (Phi) is 6.55. The van der Waals surface area contributed by atoms with E-state index in [1.807, 2.05) is 13.1 Å². The molecule has 0 radical (unpaired) electrons. The maximum Gasteiger partial charge on any atom is 0.227 e. The standard InChI is InChI=1S/C22H22N6O2/c1-4-20(29)17-8-16(19(10-23)21(9-17)30-3)7-6-15-11-24-22(25-12-15)27-18-13-26-28(5-2)14-18/h6-9,11-14H,4-5H2,1-3H3,(H,24,25,27)/b7-6+. The molecule has 0 amide bonds. The van der Waals surface area contributed by atoms with E-state index in [0.717, 1.165) is 17.8 Å². The molecule has 3 aromatic rings. The summed E-state index contributed by atoms with van der Waals surface area (Å²) in [6, 6.07) is 5.45. The normalized spacial score (nSPS) is 10.7. The van der Waals surface area contributed by atoms with Crippen molar-refractivity contribution in [3.05, 3.63) is 59.2 Å². The number of benzene rings is 1. The summed E-state index contributed by atoms with van der Waals surface area (Å²) in [4.78, 5) is 20.7. The number of nitrogens with zero attached hydrogens (tertiary/aromatic N) is 5. The lowest BCUT2D eigenvalue weighted by atomic mass is 9.99. The molecule has 0 saturated heterocycles. The highest BCUT2D eigenvalue weighted by Crippen LogP contribution is 2.26. The number of hydrogen-bond donors (Lipinski definition) is 1. The predicted octanol–water partition coefficient (Wildman–Crippen LogP) is 4.08. The first-order valence-corrected chi connectivity index (χ1v) is 9.52. The molecule has 8 nitrogen and oxygen atoms in total. The Morgan fingerprint density at radius 2 is 2.00 bits per heavy atom. The fraction of sp³-hybridized carbons (Fsp3) is 0.227. The fourth-order valence-corrected chi connectivity index (χ4v) is 2.82. The van der Waals surface area contributed by atoms with Crippen LogP contribution < -0.4 is 10.1 Å². The van der Waals surface area contributed by atoms with Crippen molar-refractivity contribution >= 4 is 29.6 Å². The van der Waals surface area contributed by atoms with Crippen LogP contribution in [0.2, 0.25) is 0 Å². The van der Waals surface area contributed by atoms with Gasteiger partial charge in [0.05, 0.1) is 19.0 Å². The summed E-state index contributed by atoms with van der Waals surface area (Å²) in [6.45, 7) is 4.59. The topological polar surface area (TPSA) is 106 Å². The number of carbonyl (C=O) groups excluding carboxylic acids is 1. The summed E-state index contributed by atoms with van der Waals surface area (Å²) in [5, 5.41) is 16.8. The van der Waals surface area contributed by atoms with Gasteiger partial charge in [0.1, 0.15) is 17.4 Å². The van der Waals surface area contributed by atoms with Crippen LogP contribution in [0.5, 0.6) is 5.75 Å². The molecule has 0 aliphatic carbocycles. The van der Waals surface area contributed by atoms with Crippen LogP contribution in [0, 0.1) is 11.3 Å². The zero-order valence-electron chi connectivity index (χ0n) is 17.1. The third-order valence-corrected chi connectivity index (χ3v) is 4.45. The lowest BCUT2D eigenvalue weighted by molar-refractivity contribution is 0.0988. The number of ketones is 1. The first-order chi connectivity index (χ1) is 14.6. The van der Waals surface area contributed by atoms with Crippen molar-refractivity contribution in [3.8, 4) is 11.8 Å². The minimum Gasteiger partial charge on any atom is -0.495 e. The van der Waals surface area contributed by atoms with Gasteiger partial charge in [0.15, 0.2) is 5.78 Å². The summed E-state index contributed by atoms with van der Waals surface area (Å²) in [5.74, 6) is 0.815. The lowest BCUT2D eigenvalue weighted by Gasteiger charge is -2.09. The number of nitriles is 1. The quantitative estimate of drug-likeness (QED) is 0.566. The van der Waals surface area contributed by atoms with Crippen molar-refractivity contribution in [2.45, 2.75) is 26.8 Å². The molecule has 0 spiro atoms. The Balaban J connectivity index is 1.82. The summed E-state index contributed by atoms with van der Waals surface area (Å²) in [5.41, 5.74) is 3.04. The monoisotopic (exact) mass is 402 g/mol. The second-order valence-corrected chi connectivity index (χ2v) is 6.41. The van der Waals surface area contributed by atoms with E-state index in [0.29, 0.717) is 34.8 Å². The van der Waals surface area contributed by atoms with Crippen molar-refractivity contribution in [2.75, 3.05) is 12.4 Å². The number of nitrogens with one attached hydrogen (secondary N) is 1. The molecule has 0 unspecified atom stereocenters. The number of ether oxygens (including phenoxy) is 1. The molecular weight excluding hydrogens is 380 g/mol. The second kappa shape index (κ2) is 9.47. The Morgan fingerprint density at radius 1 is 1.23 bits per heavy atom. The van der Waals surface area contributed by atoms with Crippen LogP contribution in [0.3, 0.4) is 0 Å². The van der Waals surface area contributed by atoms with Gasteiger partial charge in [-0.3, -0.25) is 9.48 Å². The third kappa shape index (κ3) is 4.70. The van der Waals surface area contributed by atoms with E-state index in [1.165, 1.54) is 7.11 Å². The highest BCUT2D eigenvalue weighted by molar-refractivity contribution is 5.97. The van der Waals surface area contributed by atoms with Gasteiger partial charge in [-0.15, -0.1) is 0 Å². The summed E-state index contributed by atoms with van der Waals surface area (Å²) in [6.07, 6.45) is 10.8. The maximum atomic E-state index is 12.1. The highest BCUT2D eigenvalue weighted by Gasteiger charge is 2.13. The van der Waals surface area contributed by atoms with Crippen molar-refractivity contribution in [2.24, 2.45) is 0 Å². The zero-order valence-corrected chi connectivity index (χ0v) is 17.1. The average Bonchev–Trinajstić information content (AvgIpc) is 3.24. The van der Waals surface area contributed by atoms with Gasteiger partial charge in [0.2, 0.25) is 5.95 Å². The van der Waals surface area contributed by atoms with Crippen molar-refractivity contribution < 1.29 is 9.53 Å². The molecule has 0 saturated carbocycles. The van der Waals surface area contributed by atoms with Crippen molar-refractivity contribution in [3.63, 3.8) is 0 Å². The van der Waals surface area contributed by atoms with Gasteiger partial charge in [0.25, 0.3) is 0 Å². The SMILES string of the molecule is CCC(=O)c1cc(/C=C/c2cnc(Nc3cnn(CC)c3)nc2)c(C#N)c(OC)c1. The van der Waals surface area contributed by atoms with Gasteiger partial charge >= 0.3 is 0 Å². The lowest BCUT2D eigenvalue weighted by Crippen LogP contribution is -2.01. The molecule has 0 fully saturated rings. The van der Waals surface area contributed by atoms with Gasteiger partial charge in [0, 0.05) is 42.7 Å². The summed E-state index contributed by atoms with van der Waals surface area (Å²) >= 11 is 0. The van der Waals surface area contributed by atoms with Gasteiger partial charge in [-0.1, -0.05) is 19.1 Å². The van der Waals surface area contributed by atoms with E-state index >= 15 is 0 Å². The smallest absolute Gasteiger partial charge is 0.227 e. The molecule has 1 N–H and O–H groups in total. The first-order valence-electron chi connectivity index (χ1n) is 9.52. The van der Waals surface area contributed by atoms with Crippen LogP contribution in [-0.2, 0) is 6.54 Å². The number of methoxy groups -OCH3 is 1. The van der Waals surface area contributed by atoms with Crippen LogP contribution in [0.15, 0.2) is 36.9 Å². The number of aryl methyl sites for hydroxylation is 1. The molecule has 2 heterocycles. The van der Waals surface area contributed by atoms with Crippen molar-refractivity contribution in [1.82, 2.24) is 19.7 Å². The Labute approximate surface area is 174 Å². The Bertz CT molecular complexity index is 1110. The summed E-state index contributed by atoms with van der Waals surface area (Å²) < 4.78 is 7.10. The molecule has 0 bridgehead atoms. The fourth-order valence-electron chi connectivity index (χ4n) is 2.82. The maximum absolute atomic E-state index is 12.1. The molecule has 0 aliphatic rings. The van der Waals surface area contributed by atoms with Gasteiger partial charge in [-0.25, -0.2) is 9.97 Å². The molecular formula is C22H22N6O2. The van der Waals surface area contributed by atoms with E-state index in [4.69, 9.17) is 4.74 Å². The largest absolute Gasteiger partial charge is 0.495 e. The Hall–Kier alpha value is -3.99. The minimum absolute atomic E-state index is 0.0161. The van der Waals surface area contributed by atoms with E-state index in [-0.39, 0.29) is 5.78 Å². The number of rotatable bonds is 8. The van der Waals surface area contributed by atoms with Gasteiger partial charge in [-0.05, 0) is 24.6 Å². The summed E-state index contributed by atoms with van der Waals surface area (Å²) in [7, 11) is 1.48.